The van der Waals surface area contributed by atoms with Crippen LogP contribution in [0.3, 0.4) is 0 Å². The van der Waals surface area contributed by atoms with Crippen LogP contribution in [0, 0.1) is 13.8 Å². The number of unbranched alkanes of at least 4 members (excludes halogenated alkanes) is 1. The molecule has 1 unspecified atom stereocenters. The first-order valence-corrected chi connectivity index (χ1v) is 3.56. The lowest BCUT2D eigenvalue weighted by Gasteiger charge is -2.10. The smallest absolute Gasteiger partial charge is 0.217 e. The van der Waals surface area contributed by atoms with Gasteiger partial charge in [-0.15, -0.1) is 0 Å². The predicted octanol–water partition coefficient (Wildman–Crippen LogP) is 1.33. The average Bonchev–Trinajstić information content (AvgIpc) is 1.82. The van der Waals surface area contributed by atoms with Crippen LogP contribution in [-0.4, -0.2) is 11.9 Å². The fourth-order valence-electron chi connectivity index (χ4n) is 0.750. The summed E-state index contributed by atoms with van der Waals surface area (Å²) in [5, 5.41) is 2.70. The first-order chi connectivity index (χ1) is 4.66. The molecule has 0 aromatic heterocycles. The van der Waals surface area contributed by atoms with Crippen LogP contribution in [0.2, 0.25) is 0 Å². The minimum Gasteiger partial charge on any atom is -0.354 e. The average molecular weight is 141 g/mol. The van der Waals surface area contributed by atoms with E-state index in [1.54, 1.807) is 0 Å². The fraction of sp³-hybridized carbons (Fsp3) is 0.625. The zero-order valence-electron chi connectivity index (χ0n) is 6.52. The van der Waals surface area contributed by atoms with E-state index in [4.69, 9.17) is 0 Å². The van der Waals surface area contributed by atoms with E-state index in [1.165, 1.54) is 6.92 Å². The van der Waals surface area contributed by atoms with Crippen molar-refractivity contribution < 1.29 is 4.79 Å². The van der Waals surface area contributed by atoms with Gasteiger partial charge in [0, 0.05) is 13.0 Å². The van der Waals surface area contributed by atoms with E-state index in [-0.39, 0.29) is 11.9 Å². The molecule has 0 saturated heterocycles. The van der Waals surface area contributed by atoms with Gasteiger partial charge in [-0.3, -0.25) is 4.79 Å². The number of hydrogen-bond donors (Lipinski definition) is 1. The molecule has 0 rings (SSSR count). The summed E-state index contributed by atoms with van der Waals surface area (Å²) in [6, 6.07) is 0.0549. The van der Waals surface area contributed by atoms with Crippen LogP contribution in [0.15, 0.2) is 0 Å². The molecule has 0 bridgehead atoms. The highest BCUT2D eigenvalue weighted by molar-refractivity contribution is 5.73. The Morgan fingerprint density at radius 1 is 1.70 bits per heavy atom. The number of hydrogen-bond acceptors (Lipinski definition) is 1. The van der Waals surface area contributed by atoms with Gasteiger partial charge in [-0.25, -0.2) is 0 Å². The molecule has 2 nitrogen and oxygen atoms in total. The molecule has 2 heteroatoms. The van der Waals surface area contributed by atoms with Crippen LogP contribution < -0.4 is 5.32 Å². The minimum absolute atomic E-state index is 0.0101. The molecule has 0 aromatic rings. The Balaban J connectivity index is 3.25. The van der Waals surface area contributed by atoms with Crippen molar-refractivity contribution in [3.8, 4) is 0 Å². The molecule has 10 heavy (non-hydrogen) atoms. The lowest BCUT2D eigenvalue weighted by Crippen LogP contribution is -2.30. The summed E-state index contributed by atoms with van der Waals surface area (Å²) < 4.78 is 0. The lowest BCUT2D eigenvalue weighted by atomic mass is 10.1. The molecule has 58 valence electrons. The molecule has 1 amide bonds. The Labute approximate surface area is 63.0 Å². The highest BCUT2D eigenvalue weighted by Crippen LogP contribution is 1.97. The Bertz CT molecular complexity index is 101. The van der Waals surface area contributed by atoms with Crippen LogP contribution in [0.4, 0.5) is 0 Å². The van der Waals surface area contributed by atoms with Crippen LogP contribution in [0.25, 0.3) is 0 Å². The molecule has 0 aromatic carbocycles. The molecular weight excluding hydrogens is 126 g/mol. The van der Waals surface area contributed by atoms with E-state index in [2.05, 4.69) is 19.2 Å². The van der Waals surface area contributed by atoms with Crippen molar-refractivity contribution in [1.82, 2.24) is 5.32 Å². The second-order valence-corrected chi connectivity index (χ2v) is 2.39. The molecule has 0 heterocycles. The summed E-state index contributed by atoms with van der Waals surface area (Å²) in [4.78, 5) is 10.5. The van der Waals surface area contributed by atoms with Gasteiger partial charge in [-0.05, 0) is 13.3 Å². The maximum atomic E-state index is 10.5. The van der Waals surface area contributed by atoms with Gasteiger partial charge in [0.25, 0.3) is 0 Å². The van der Waals surface area contributed by atoms with Crippen LogP contribution in [0.5, 0.6) is 0 Å². The highest BCUT2D eigenvalue weighted by atomic mass is 16.1. The van der Waals surface area contributed by atoms with Crippen molar-refractivity contribution in [1.29, 1.82) is 0 Å². The van der Waals surface area contributed by atoms with Crippen molar-refractivity contribution in [2.24, 2.45) is 0 Å². The van der Waals surface area contributed by atoms with Crippen LogP contribution >= 0.6 is 0 Å². The van der Waals surface area contributed by atoms with Crippen molar-refractivity contribution >= 4 is 5.91 Å². The number of carbonyl (C=O) groups is 1. The van der Waals surface area contributed by atoms with Crippen LogP contribution in [0.1, 0.15) is 26.2 Å². The first kappa shape index (κ1) is 9.47. The van der Waals surface area contributed by atoms with Crippen molar-refractivity contribution in [2.45, 2.75) is 32.2 Å². The molecule has 0 aliphatic heterocycles. The first-order valence-electron chi connectivity index (χ1n) is 3.56. The van der Waals surface area contributed by atoms with Gasteiger partial charge in [-0.2, -0.15) is 0 Å². The second kappa shape index (κ2) is 5.27. The van der Waals surface area contributed by atoms with Gasteiger partial charge in [-0.1, -0.05) is 19.8 Å². The fourth-order valence-corrected chi connectivity index (χ4v) is 0.750. The van der Waals surface area contributed by atoms with Gasteiger partial charge in [0.05, 0.1) is 0 Å². The Morgan fingerprint density at radius 2 is 2.30 bits per heavy atom. The number of rotatable bonds is 4. The molecule has 1 N–H and O–H groups in total. The summed E-state index contributed by atoms with van der Waals surface area (Å²) >= 11 is 0. The zero-order chi connectivity index (χ0) is 7.98. The third-order valence-corrected chi connectivity index (χ3v) is 1.21. The van der Waals surface area contributed by atoms with Gasteiger partial charge in [0.2, 0.25) is 5.91 Å². The summed E-state index contributed by atoms with van der Waals surface area (Å²) in [7, 11) is 0. The normalized spacial score (nSPS) is 12.7. The molecule has 2 radical (unpaired) electrons. The van der Waals surface area contributed by atoms with Crippen molar-refractivity contribution in [2.75, 3.05) is 0 Å². The maximum Gasteiger partial charge on any atom is 0.217 e. The number of amides is 1. The molecule has 0 aliphatic rings. The molecular formula is C8H15NO. The Hall–Kier alpha value is -0.530. The topological polar surface area (TPSA) is 29.1 Å². The molecule has 0 saturated carbocycles. The summed E-state index contributed by atoms with van der Waals surface area (Å²) in [5.74, 6) is -0.0101. The summed E-state index contributed by atoms with van der Waals surface area (Å²) in [5.41, 5.74) is 0. The standard InChI is InChI=1S/C8H15NO/c1-4-5-6-7(2)9-8(3)10/h7H,1-2,4-6H2,3H3,(H,9,10). The maximum absolute atomic E-state index is 10.5. The molecule has 0 spiro atoms. The van der Waals surface area contributed by atoms with E-state index < -0.39 is 0 Å². The van der Waals surface area contributed by atoms with E-state index in [9.17, 15) is 4.79 Å². The lowest BCUT2D eigenvalue weighted by molar-refractivity contribution is -0.119. The molecule has 0 aliphatic carbocycles. The minimum atomic E-state index is -0.0101. The van der Waals surface area contributed by atoms with E-state index >= 15 is 0 Å². The van der Waals surface area contributed by atoms with E-state index in [0.29, 0.717) is 0 Å². The van der Waals surface area contributed by atoms with E-state index in [1.807, 2.05) is 0 Å². The van der Waals surface area contributed by atoms with E-state index in [0.717, 1.165) is 19.3 Å². The third-order valence-electron chi connectivity index (χ3n) is 1.21. The number of carbonyl (C=O) groups excluding carboxylic acids is 1. The monoisotopic (exact) mass is 141 g/mol. The predicted molar refractivity (Wildman–Crippen MR) is 42.2 cm³/mol. The Morgan fingerprint density at radius 3 is 2.70 bits per heavy atom. The molecule has 0 fully saturated rings. The van der Waals surface area contributed by atoms with Gasteiger partial charge in [0.1, 0.15) is 0 Å². The van der Waals surface area contributed by atoms with Crippen molar-refractivity contribution in [3.63, 3.8) is 0 Å². The quantitative estimate of drug-likeness (QED) is 0.628. The molecule has 1 atom stereocenters. The second-order valence-electron chi connectivity index (χ2n) is 2.39. The van der Waals surface area contributed by atoms with Gasteiger partial charge in [0.15, 0.2) is 0 Å². The largest absolute Gasteiger partial charge is 0.354 e. The third kappa shape index (κ3) is 5.60. The number of nitrogens with one attached hydrogen (secondary N) is 1. The van der Waals surface area contributed by atoms with Crippen molar-refractivity contribution in [3.05, 3.63) is 13.8 Å². The summed E-state index contributed by atoms with van der Waals surface area (Å²) in [6.45, 7) is 8.95. The SMILES string of the molecule is [CH2]CCCC([CH2])NC(C)=O. The Kier molecular flexibility index (Phi) is 4.99. The van der Waals surface area contributed by atoms with Gasteiger partial charge < -0.3 is 5.32 Å². The summed E-state index contributed by atoms with van der Waals surface area (Å²) in [6.07, 6.45) is 2.85. The highest BCUT2D eigenvalue weighted by Gasteiger charge is 2.00. The zero-order valence-corrected chi connectivity index (χ0v) is 6.52. The van der Waals surface area contributed by atoms with Gasteiger partial charge >= 0.3 is 0 Å². The van der Waals surface area contributed by atoms with Crippen LogP contribution in [-0.2, 0) is 4.79 Å².